The Morgan fingerprint density at radius 2 is 1.84 bits per heavy atom. The highest BCUT2D eigenvalue weighted by Crippen LogP contribution is 2.32. The molecule has 9 heteroatoms. The molecule has 2 rings (SSSR count). The second kappa shape index (κ2) is 5.55. The van der Waals surface area contributed by atoms with Crippen molar-refractivity contribution in [3.05, 3.63) is 0 Å². The zero-order valence-electron chi connectivity index (χ0n) is 10.3. The van der Waals surface area contributed by atoms with E-state index < -0.39 is 22.9 Å². The third kappa shape index (κ3) is 4.59. The van der Waals surface area contributed by atoms with Gasteiger partial charge in [0.15, 0.2) is 0 Å². The van der Waals surface area contributed by atoms with Gasteiger partial charge in [-0.15, -0.1) is 0 Å². The van der Waals surface area contributed by atoms with Gasteiger partial charge in [-0.05, 0) is 44.2 Å². The van der Waals surface area contributed by atoms with E-state index in [9.17, 15) is 21.6 Å². The summed E-state index contributed by atoms with van der Waals surface area (Å²) in [6, 6.07) is -0.271. The van der Waals surface area contributed by atoms with Crippen LogP contribution in [-0.4, -0.2) is 40.3 Å². The maximum Gasteiger partial charge on any atom is 0.402 e. The molecule has 1 saturated carbocycles. The van der Waals surface area contributed by atoms with Crippen molar-refractivity contribution in [3.63, 3.8) is 0 Å². The average Bonchev–Trinajstić information content (AvgIpc) is 2.72. The first-order chi connectivity index (χ1) is 8.75. The molecule has 3 atom stereocenters. The van der Waals surface area contributed by atoms with E-state index in [-0.39, 0.29) is 6.04 Å². The lowest BCUT2D eigenvalue weighted by Crippen LogP contribution is -2.47. The van der Waals surface area contributed by atoms with Crippen molar-refractivity contribution in [3.8, 4) is 0 Å². The molecule has 5 nitrogen and oxygen atoms in total. The molecule has 0 spiro atoms. The molecule has 0 aromatic heterocycles. The minimum absolute atomic E-state index is 0.271. The van der Waals surface area contributed by atoms with Crippen LogP contribution >= 0.6 is 0 Å². The van der Waals surface area contributed by atoms with Gasteiger partial charge in [0.05, 0.1) is 0 Å². The first-order valence-corrected chi connectivity index (χ1v) is 7.78. The molecule has 1 unspecified atom stereocenters. The van der Waals surface area contributed by atoms with Crippen LogP contribution in [0.25, 0.3) is 0 Å². The van der Waals surface area contributed by atoms with Crippen LogP contribution in [-0.2, 0) is 10.2 Å². The van der Waals surface area contributed by atoms with Crippen LogP contribution in [0.3, 0.4) is 0 Å². The van der Waals surface area contributed by atoms with Gasteiger partial charge in [-0.3, -0.25) is 0 Å². The normalized spacial score (nSPS) is 32.3. The maximum atomic E-state index is 12.0. The van der Waals surface area contributed by atoms with E-state index in [1.165, 1.54) is 4.72 Å². The standard InChI is InChI=1S/C10H18F3N3O2S/c11-10(12,13)6-15-19(17,18)16-9-2-1-7-4-14-5-8(7)3-9/h7-9,14-16H,1-6H2/t7-,8+,9?/m0/s1. The van der Waals surface area contributed by atoms with Crippen molar-refractivity contribution in [2.75, 3.05) is 19.6 Å². The Morgan fingerprint density at radius 1 is 1.16 bits per heavy atom. The van der Waals surface area contributed by atoms with E-state index in [1.54, 1.807) is 0 Å². The summed E-state index contributed by atoms with van der Waals surface area (Å²) in [5.74, 6) is 0.993. The Balaban J connectivity index is 1.83. The van der Waals surface area contributed by atoms with Crippen LogP contribution in [0.15, 0.2) is 0 Å². The van der Waals surface area contributed by atoms with E-state index >= 15 is 0 Å². The Labute approximate surface area is 110 Å². The zero-order chi connectivity index (χ0) is 14.1. The van der Waals surface area contributed by atoms with Crippen molar-refractivity contribution >= 4 is 10.2 Å². The monoisotopic (exact) mass is 301 g/mol. The van der Waals surface area contributed by atoms with Crippen molar-refractivity contribution in [1.82, 2.24) is 14.8 Å². The molecule has 0 radical (unpaired) electrons. The fraction of sp³-hybridized carbons (Fsp3) is 1.00. The van der Waals surface area contributed by atoms with Crippen molar-refractivity contribution in [2.24, 2.45) is 11.8 Å². The fourth-order valence-corrected chi connectivity index (χ4v) is 3.93. The van der Waals surface area contributed by atoms with Gasteiger partial charge in [-0.25, -0.2) is 0 Å². The smallest absolute Gasteiger partial charge is 0.316 e. The number of nitrogens with one attached hydrogen (secondary N) is 3. The average molecular weight is 301 g/mol. The lowest BCUT2D eigenvalue weighted by molar-refractivity contribution is -0.121. The van der Waals surface area contributed by atoms with Crippen LogP contribution in [0, 0.1) is 11.8 Å². The lowest BCUT2D eigenvalue weighted by Gasteiger charge is -2.31. The van der Waals surface area contributed by atoms with E-state index in [2.05, 4.69) is 10.0 Å². The summed E-state index contributed by atoms with van der Waals surface area (Å²) < 4.78 is 62.8. The van der Waals surface area contributed by atoms with Gasteiger partial charge >= 0.3 is 6.18 Å². The molecular weight excluding hydrogens is 283 g/mol. The summed E-state index contributed by atoms with van der Waals surface area (Å²) in [4.78, 5) is 0. The van der Waals surface area contributed by atoms with Crippen LogP contribution in [0.5, 0.6) is 0 Å². The molecule has 1 saturated heterocycles. The highest BCUT2D eigenvalue weighted by Gasteiger charge is 2.36. The summed E-state index contributed by atoms with van der Waals surface area (Å²) >= 11 is 0. The molecule has 1 aliphatic heterocycles. The van der Waals surface area contributed by atoms with E-state index in [1.807, 2.05) is 0 Å². The van der Waals surface area contributed by atoms with Crippen LogP contribution in [0.4, 0.5) is 13.2 Å². The molecule has 2 aliphatic rings. The van der Waals surface area contributed by atoms with Crippen molar-refractivity contribution in [2.45, 2.75) is 31.5 Å². The second-order valence-electron chi connectivity index (χ2n) is 5.25. The first-order valence-electron chi connectivity index (χ1n) is 6.29. The fourth-order valence-electron chi connectivity index (χ4n) is 2.84. The number of alkyl halides is 3. The Kier molecular flexibility index (Phi) is 4.38. The molecule has 0 bridgehead atoms. The number of hydrogen-bond donors (Lipinski definition) is 3. The SMILES string of the molecule is O=S(=O)(NCC(F)(F)F)NC1CC[C@H]2CNC[C@H]2C1. The predicted molar refractivity (Wildman–Crippen MR) is 63.6 cm³/mol. The molecule has 1 aliphatic carbocycles. The van der Waals surface area contributed by atoms with Gasteiger partial charge in [0, 0.05) is 6.04 Å². The first kappa shape index (κ1) is 15.0. The molecule has 0 aromatic rings. The summed E-state index contributed by atoms with van der Waals surface area (Å²) in [5, 5.41) is 3.25. The Morgan fingerprint density at radius 3 is 2.53 bits per heavy atom. The van der Waals surface area contributed by atoms with Crippen LogP contribution in [0.1, 0.15) is 19.3 Å². The topological polar surface area (TPSA) is 70.2 Å². The third-order valence-corrected chi connectivity index (χ3v) is 4.91. The lowest BCUT2D eigenvalue weighted by atomic mass is 9.79. The predicted octanol–water partition coefficient (Wildman–Crippen LogP) is 0.361. The molecule has 112 valence electrons. The van der Waals surface area contributed by atoms with Gasteiger partial charge in [0.1, 0.15) is 6.54 Å². The summed E-state index contributed by atoms with van der Waals surface area (Å²) in [7, 11) is -4.08. The molecule has 2 fully saturated rings. The number of rotatable bonds is 4. The number of fused-ring (bicyclic) bond motifs is 1. The molecule has 0 aromatic carbocycles. The molecule has 0 amide bonds. The highest BCUT2D eigenvalue weighted by molar-refractivity contribution is 7.87. The largest absolute Gasteiger partial charge is 0.402 e. The zero-order valence-corrected chi connectivity index (χ0v) is 11.1. The van der Waals surface area contributed by atoms with Gasteiger partial charge in [0.2, 0.25) is 0 Å². The molecule has 19 heavy (non-hydrogen) atoms. The number of halogens is 3. The Hall–Kier alpha value is -0.380. The van der Waals surface area contributed by atoms with Gasteiger partial charge < -0.3 is 5.32 Å². The van der Waals surface area contributed by atoms with Crippen molar-refractivity contribution < 1.29 is 21.6 Å². The third-order valence-electron chi connectivity index (χ3n) is 3.74. The summed E-state index contributed by atoms with van der Waals surface area (Å²) in [6.45, 7) is 0.276. The van der Waals surface area contributed by atoms with E-state index in [0.29, 0.717) is 24.7 Å². The molecule has 1 heterocycles. The highest BCUT2D eigenvalue weighted by atomic mass is 32.2. The van der Waals surface area contributed by atoms with Crippen LogP contribution in [0.2, 0.25) is 0 Å². The van der Waals surface area contributed by atoms with Gasteiger partial charge in [-0.2, -0.15) is 31.0 Å². The minimum Gasteiger partial charge on any atom is -0.316 e. The van der Waals surface area contributed by atoms with Crippen molar-refractivity contribution in [1.29, 1.82) is 0 Å². The number of hydrogen-bond acceptors (Lipinski definition) is 3. The van der Waals surface area contributed by atoms with Crippen LogP contribution < -0.4 is 14.8 Å². The minimum atomic E-state index is -4.54. The van der Waals surface area contributed by atoms with E-state index in [0.717, 1.165) is 19.5 Å². The van der Waals surface area contributed by atoms with E-state index in [4.69, 9.17) is 0 Å². The van der Waals surface area contributed by atoms with Gasteiger partial charge in [0.25, 0.3) is 10.2 Å². The summed E-state index contributed by atoms with van der Waals surface area (Å²) in [6.07, 6.45) is -2.27. The molecular formula is C10H18F3N3O2S. The molecule has 3 N–H and O–H groups in total. The second-order valence-corrected chi connectivity index (χ2v) is 6.78. The summed E-state index contributed by atoms with van der Waals surface area (Å²) in [5.41, 5.74) is 0. The Bertz CT molecular complexity index is 413. The van der Waals surface area contributed by atoms with Gasteiger partial charge in [-0.1, -0.05) is 0 Å². The maximum absolute atomic E-state index is 12.0. The quantitative estimate of drug-likeness (QED) is 0.702.